The molecule has 0 radical (unpaired) electrons. The molecule has 1 aliphatic rings. The monoisotopic (exact) mass is 424 g/mol. The smallest absolute Gasteiger partial charge is 0.338 e. The molecule has 2 aromatic carbocycles. The van der Waals surface area contributed by atoms with Crippen LogP contribution in [0.4, 0.5) is 5.69 Å². The van der Waals surface area contributed by atoms with E-state index in [-0.39, 0.29) is 24.5 Å². The highest BCUT2D eigenvalue weighted by molar-refractivity contribution is 5.95. The molecule has 7 heteroatoms. The van der Waals surface area contributed by atoms with Crippen LogP contribution in [0.5, 0.6) is 5.75 Å². The predicted octanol–water partition coefficient (Wildman–Crippen LogP) is 3.94. The maximum Gasteiger partial charge on any atom is 0.338 e. The first-order chi connectivity index (χ1) is 15.0. The van der Waals surface area contributed by atoms with E-state index in [0.717, 1.165) is 25.7 Å². The molecule has 7 nitrogen and oxygen atoms in total. The molecule has 1 fully saturated rings. The highest BCUT2D eigenvalue weighted by Crippen LogP contribution is 2.19. The Labute approximate surface area is 182 Å². The molecule has 0 heterocycles. The van der Waals surface area contributed by atoms with Gasteiger partial charge in [0.25, 0.3) is 11.8 Å². The van der Waals surface area contributed by atoms with E-state index in [9.17, 15) is 14.4 Å². The van der Waals surface area contributed by atoms with Crippen LogP contribution in [-0.4, -0.2) is 37.0 Å². The van der Waals surface area contributed by atoms with Crippen LogP contribution in [0.1, 0.15) is 59.7 Å². The number of carbonyl (C=O) groups is 3. The maximum absolute atomic E-state index is 12.4. The van der Waals surface area contributed by atoms with Crippen LogP contribution in [0.15, 0.2) is 48.5 Å². The molecule has 0 spiro atoms. The lowest BCUT2D eigenvalue weighted by atomic mass is 9.95. The lowest BCUT2D eigenvalue weighted by Gasteiger charge is -2.22. The minimum Gasteiger partial charge on any atom is -0.484 e. The van der Waals surface area contributed by atoms with Gasteiger partial charge in [-0.05, 0) is 68.3 Å². The molecule has 0 saturated heterocycles. The van der Waals surface area contributed by atoms with Crippen molar-refractivity contribution < 1.29 is 23.9 Å². The Morgan fingerprint density at radius 3 is 2.19 bits per heavy atom. The van der Waals surface area contributed by atoms with Gasteiger partial charge in [-0.2, -0.15) is 0 Å². The number of rotatable bonds is 8. The average molecular weight is 424 g/mol. The van der Waals surface area contributed by atoms with Crippen LogP contribution in [0.25, 0.3) is 0 Å². The van der Waals surface area contributed by atoms with Gasteiger partial charge in [0.2, 0.25) is 0 Å². The summed E-state index contributed by atoms with van der Waals surface area (Å²) in [5.74, 6) is -0.313. The van der Waals surface area contributed by atoms with Gasteiger partial charge in [-0.15, -0.1) is 0 Å². The SMILES string of the molecule is CCOC(=O)c1ccc(NC(=O)COc2ccc(C(=O)NC3CCCCC3)cc2)cc1. The first kappa shape index (κ1) is 22.3. The summed E-state index contributed by atoms with van der Waals surface area (Å²) in [6.07, 6.45) is 5.64. The van der Waals surface area contributed by atoms with Crippen molar-refractivity contribution in [1.29, 1.82) is 0 Å². The molecule has 3 rings (SSSR count). The van der Waals surface area contributed by atoms with E-state index in [2.05, 4.69) is 10.6 Å². The second-order valence-corrected chi connectivity index (χ2v) is 7.47. The molecule has 0 atom stereocenters. The van der Waals surface area contributed by atoms with Crippen molar-refractivity contribution in [3.63, 3.8) is 0 Å². The van der Waals surface area contributed by atoms with Crippen molar-refractivity contribution in [2.75, 3.05) is 18.5 Å². The zero-order valence-electron chi connectivity index (χ0n) is 17.7. The molecular formula is C24H28N2O5. The molecule has 31 heavy (non-hydrogen) atoms. The molecule has 0 aromatic heterocycles. The molecule has 0 aliphatic heterocycles. The average Bonchev–Trinajstić information content (AvgIpc) is 2.79. The Balaban J connectivity index is 1.44. The third kappa shape index (κ3) is 6.84. The summed E-state index contributed by atoms with van der Waals surface area (Å²) < 4.78 is 10.4. The number of hydrogen-bond donors (Lipinski definition) is 2. The van der Waals surface area contributed by atoms with Crippen LogP contribution >= 0.6 is 0 Å². The van der Waals surface area contributed by atoms with Crippen molar-refractivity contribution in [2.45, 2.75) is 45.1 Å². The van der Waals surface area contributed by atoms with Gasteiger partial charge in [0, 0.05) is 17.3 Å². The highest BCUT2D eigenvalue weighted by atomic mass is 16.5. The van der Waals surface area contributed by atoms with E-state index < -0.39 is 5.97 Å². The Hall–Kier alpha value is -3.35. The Morgan fingerprint density at radius 2 is 1.55 bits per heavy atom. The van der Waals surface area contributed by atoms with E-state index >= 15 is 0 Å². The quantitative estimate of drug-likeness (QED) is 0.626. The maximum atomic E-state index is 12.4. The predicted molar refractivity (Wildman–Crippen MR) is 117 cm³/mol. The first-order valence-corrected chi connectivity index (χ1v) is 10.7. The summed E-state index contributed by atoms with van der Waals surface area (Å²) in [5, 5.41) is 5.78. The number of benzene rings is 2. The van der Waals surface area contributed by atoms with Gasteiger partial charge in [0.15, 0.2) is 6.61 Å². The summed E-state index contributed by atoms with van der Waals surface area (Å²) in [6, 6.07) is 13.4. The highest BCUT2D eigenvalue weighted by Gasteiger charge is 2.16. The van der Waals surface area contributed by atoms with Crippen molar-refractivity contribution in [3.05, 3.63) is 59.7 Å². The number of carbonyl (C=O) groups excluding carboxylic acids is 3. The van der Waals surface area contributed by atoms with Crippen LogP contribution in [0.3, 0.4) is 0 Å². The van der Waals surface area contributed by atoms with Gasteiger partial charge < -0.3 is 20.1 Å². The van der Waals surface area contributed by atoms with Gasteiger partial charge in [0.1, 0.15) is 5.75 Å². The van der Waals surface area contributed by atoms with E-state index in [1.807, 2.05) is 0 Å². The van der Waals surface area contributed by atoms with Gasteiger partial charge in [-0.1, -0.05) is 19.3 Å². The van der Waals surface area contributed by atoms with Crippen molar-refractivity contribution in [3.8, 4) is 5.75 Å². The summed E-state index contributed by atoms with van der Waals surface area (Å²) in [5.41, 5.74) is 1.55. The fourth-order valence-corrected chi connectivity index (χ4v) is 3.47. The lowest BCUT2D eigenvalue weighted by Crippen LogP contribution is -2.36. The van der Waals surface area contributed by atoms with Crippen LogP contribution in [0.2, 0.25) is 0 Å². The second-order valence-electron chi connectivity index (χ2n) is 7.47. The normalized spacial score (nSPS) is 13.8. The Bertz CT molecular complexity index is 887. The molecular weight excluding hydrogens is 396 g/mol. The summed E-state index contributed by atoms with van der Waals surface area (Å²) in [4.78, 5) is 36.1. The first-order valence-electron chi connectivity index (χ1n) is 10.7. The number of ether oxygens (including phenoxy) is 2. The van der Waals surface area contributed by atoms with Gasteiger partial charge >= 0.3 is 5.97 Å². The fourth-order valence-electron chi connectivity index (χ4n) is 3.47. The Morgan fingerprint density at radius 1 is 0.903 bits per heavy atom. The van der Waals surface area contributed by atoms with Gasteiger partial charge in [-0.3, -0.25) is 9.59 Å². The van der Waals surface area contributed by atoms with E-state index in [4.69, 9.17) is 9.47 Å². The molecule has 0 bridgehead atoms. The van der Waals surface area contributed by atoms with Crippen LogP contribution in [0, 0.1) is 0 Å². The standard InChI is InChI=1S/C24H28N2O5/c1-2-30-24(29)18-8-12-20(13-9-18)25-22(27)16-31-21-14-10-17(11-15-21)23(28)26-19-6-4-3-5-7-19/h8-15,19H,2-7,16H2,1H3,(H,25,27)(H,26,28). The van der Waals surface area contributed by atoms with Gasteiger partial charge in [-0.25, -0.2) is 4.79 Å². The fraction of sp³-hybridized carbons (Fsp3) is 0.375. The molecule has 2 N–H and O–H groups in total. The molecule has 164 valence electrons. The lowest BCUT2D eigenvalue weighted by molar-refractivity contribution is -0.118. The largest absolute Gasteiger partial charge is 0.484 e. The third-order valence-electron chi connectivity index (χ3n) is 5.11. The third-order valence-corrected chi connectivity index (χ3v) is 5.11. The van der Waals surface area contributed by atoms with E-state index in [0.29, 0.717) is 29.2 Å². The number of esters is 1. The molecule has 1 saturated carbocycles. The van der Waals surface area contributed by atoms with Crippen LogP contribution in [-0.2, 0) is 9.53 Å². The van der Waals surface area contributed by atoms with Crippen molar-refractivity contribution in [1.82, 2.24) is 5.32 Å². The molecule has 1 aliphatic carbocycles. The second kappa shape index (κ2) is 11.2. The number of amides is 2. The number of anilines is 1. The summed E-state index contributed by atoms with van der Waals surface area (Å²) in [7, 11) is 0. The van der Waals surface area contributed by atoms with Crippen molar-refractivity contribution in [2.24, 2.45) is 0 Å². The van der Waals surface area contributed by atoms with Gasteiger partial charge in [0.05, 0.1) is 12.2 Å². The zero-order chi connectivity index (χ0) is 22.1. The summed E-state index contributed by atoms with van der Waals surface area (Å²) >= 11 is 0. The van der Waals surface area contributed by atoms with Crippen molar-refractivity contribution >= 4 is 23.5 Å². The molecule has 2 aromatic rings. The molecule has 2 amide bonds. The van der Waals surface area contributed by atoms with E-state index in [1.54, 1.807) is 55.5 Å². The zero-order valence-corrected chi connectivity index (χ0v) is 17.7. The minimum absolute atomic E-state index is 0.0811. The Kier molecular flexibility index (Phi) is 8.04. The summed E-state index contributed by atoms with van der Waals surface area (Å²) in [6.45, 7) is 1.88. The number of nitrogens with one attached hydrogen (secondary N) is 2. The topological polar surface area (TPSA) is 93.7 Å². The van der Waals surface area contributed by atoms with Crippen LogP contribution < -0.4 is 15.4 Å². The number of hydrogen-bond acceptors (Lipinski definition) is 5. The molecule has 0 unspecified atom stereocenters. The van der Waals surface area contributed by atoms with E-state index in [1.165, 1.54) is 6.42 Å². The minimum atomic E-state index is -0.403.